The smallest absolute Gasteiger partial charge is 0.128 e. The van der Waals surface area contributed by atoms with Crippen molar-refractivity contribution in [2.45, 2.75) is 32.2 Å². The number of hydrogen-bond acceptors (Lipinski definition) is 1. The molecule has 0 bridgehead atoms. The Morgan fingerprint density at radius 2 is 2.06 bits per heavy atom. The lowest BCUT2D eigenvalue weighted by Crippen LogP contribution is -2.11. The first-order valence-electron chi connectivity index (χ1n) is 5.45. The largest absolute Gasteiger partial charge is 0.385 e. The van der Waals surface area contributed by atoms with E-state index in [4.69, 9.17) is 0 Å². The van der Waals surface area contributed by atoms with Crippen LogP contribution in [-0.2, 0) is 6.54 Å². The highest BCUT2D eigenvalue weighted by Crippen LogP contribution is 2.41. The van der Waals surface area contributed by atoms with Gasteiger partial charge in [-0.1, -0.05) is 6.58 Å². The third-order valence-corrected chi connectivity index (χ3v) is 2.76. The number of nitrogens with one attached hydrogen (secondary N) is 1. The molecular formula is C13H15F2N. The van der Waals surface area contributed by atoms with E-state index < -0.39 is 0 Å². The van der Waals surface area contributed by atoms with Crippen LogP contribution in [-0.4, -0.2) is 0 Å². The molecule has 1 saturated carbocycles. The van der Waals surface area contributed by atoms with Crippen molar-refractivity contribution >= 4 is 0 Å². The van der Waals surface area contributed by atoms with Crippen molar-refractivity contribution in [3.63, 3.8) is 0 Å². The van der Waals surface area contributed by atoms with E-state index in [1.54, 1.807) is 6.92 Å². The van der Waals surface area contributed by atoms with E-state index in [1.165, 1.54) is 12.1 Å². The van der Waals surface area contributed by atoms with Crippen molar-refractivity contribution < 1.29 is 8.78 Å². The van der Waals surface area contributed by atoms with Crippen LogP contribution < -0.4 is 5.32 Å². The lowest BCUT2D eigenvalue weighted by molar-refractivity contribution is 0.567. The van der Waals surface area contributed by atoms with Crippen LogP contribution in [0.25, 0.3) is 0 Å². The molecule has 0 atom stereocenters. The van der Waals surface area contributed by atoms with Crippen LogP contribution in [0.1, 0.15) is 36.8 Å². The van der Waals surface area contributed by atoms with Crippen LogP contribution >= 0.6 is 0 Å². The van der Waals surface area contributed by atoms with Gasteiger partial charge in [0.25, 0.3) is 0 Å². The first kappa shape index (κ1) is 11.1. The van der Waals surface area contributed by atoms with E-state index in [-0.39, 0.29) is 24.1 Å². The van der Waals surface area contributed by atoms with Crippen LogP contribution in [0.5, 0.6) is 0 Å². The number of rotatable bonds is 4. The maximum absolute atomic E-state index is 13.6. The molecule has 1 aromatic carbocycles. The Labute approximate surface area is 94.2 Å². The van der Waals surface area contributed by atoms with Crippen LogP contribution in [0, 0.1) is 11.6 Å². The van der Waals surface area contributed by atoms with Gasteiger partial charge in [-0.25, -0.2) is 8.78 Å². The summed E-state index contributed by atoms with van der Waals surface area (Å²) in [6, 6.07) is 2.63. The fourth-order valence-electron chi connectivity index (χ4n) is 1.69. The SMILES string of the molecule is C=C(C)NCc1cc(F)c(C2CC2)cc1F. The minimum Gasteiger partial charge on any atom is -0.385 e. The Morgan fingerprint density at radius 3 is 2.62 bits per heavy atom. The predicted molar refractivity (Wildman–Crippen MR) is 60.0 cm³/mol. The maximum Gasteiger partial charge on any atom is 0.128 e. The molecule has 0 amide bonds. The molecular weight excluding hydrogens is 208 g/mol. The summed E-state index contributed by atoms with van der Waals surface area (Å²) in [6.45, 7) is 5.72. The summed E-state index contributed by atoms with van der Waals surface area (Å²) in [7, 11) is 0. The van der Waals surface area contributed by atoms with Gasteiger partial charge in [-0.05, 0) is 43.4 Å². The number of allylic oxidation sites excluding steroid dienone is 1. The van der Waals surface area contributed by atoms with Gasteiger partial charge in [0.05, 0.1) is 0 Å². The molecule has 1 fully saturated rings. The zero-order valence-corrected chi connectivity index (χ0v) is 9.32. The van der Waals surface area contributed by atoms with Gasteiger partial charge in [-0.2, -0.15) is 0 Å². The van der Waals surface area contributed by atoms with Gasteiger partial charge in [0.1, 0.15) is 11.6 Å². The van der Waals surface area contributed by atoms with Gasteiger partial charge in [0, 0.05) is 17.8 Å². The molecule has 3 heteroatoms. The van der Waals surface area contributed by atoms with Crippen molar-refractivity contribution in [3.8, 4) is 0 Å². The number of halogens is 2. The molecule has 1 nitrogen and oxygen atoms in total. The Hall–Kier alpha value is -1.38. The summed E-state index contributed by atoms with van der Waals surface area (Å²) in [5.74, 6) is -0.392. The minimum atomic E-state index is -0.336. The molecule has 0 heterocycles. The van der Waals surface area contributed by atoms with Crippen LogP contribution in [0.3, 0.4) is 0 Å². The summed E-state index contributed by atoms with van der Waals surface area (Å²) in [5.41, 5.74) is 1.62. The molecule has 0 unspecified atom stereocenters. The topological polar surface area (TPSA) is 12.0 Å². The van der Waals surface area contributed by atoms with E-state index in [0.29, 0.717) is 11.1 Å². The molecule has 1 aliphatic carbocycles. The highest BCUT2D eigenvalue weighted by Gasteiger charge is 2.27. The van der Waals surface area contributed by atoms with Crippen molar-refractivity contribution in [3.05, 3.63) is 47.2 Å². The van der Waals surface area contributed by atoms with Gasteiger partial charge in [-0.15, -0.1) is 0 Å². The van der Waals surface area contributed by atoms with Crippen molar-refractivity contribution in [1.29, 1.82) is 0 Å². The Bertz CT molecular complexity index is 422. The lowest BCUT2D eigenvalue weighted by Gasteiger charge is -2.09. The number of benzene rings is 1. The quantitative estimate of drug-likeness (QED) is 0.824. The van der Waals surface area contributed by atoms with E-state index in [0.717, 1.165) is 18.5 Å². The maximum atomic E-state index is 13.6. The van der Waals surface area contributed by atoms with E-state index >= 15 is 0 Å². The van der Waals surface area contributed by atoms with E-state index in [2.05, 4.69) is 11.9 Å². The average molecular weight is 223 g/mol. The second kappa shape index (κ2) is 4.24. The highest BCUT2D eigenvalue weighted by atomic mass is 19.1. The molecule has 86 valence electrons. The molecule has 0 aromatic heterocycles. The molecule has 0 saturated heterocycles. The third-order valence-electron chi connectivity index (χ3n) is 2.76. The molecule has 0 radical (unpaired) electrons. The normalized spacial score (nSPS) is 14.9. The molecule has 0 aliphatic heterocycles. The molecule has 1 aliphatic rings. The Balaban J connectivity index is 2.19. The fraction of sp³-hybridized carbons (Fsp3) is 0.385. The van der Waals surface area contributed by atoms with Crippen LogP contribution in [0.2, 0.25) is 0 Å². The second-order valence-electron chi connectivity index (χ2n) is 4.37. The third kappa shape index (κ3) is 2.40. The zero-order chi connectivity index (χ0) is 11.7. The second-order valence-corrected chi connectivity index (χ2v) is 4.37. The Kier molecular flexibility index (Phi) is 2.95. The monoisotopic (exact) mass is 223 g/mol. The van der Waals surface area contributed by atoms with Gasteiger partial charge >= 0.3 is 0 Å². The van der Waals surface area contributed by atoms with E-state index in [1.807, 2.05) is 0 Å². The average Bonchev–Trinajstić information content (AvgIpc) is 3.02. The van der Waals surface area contributed by atoms with Gasteiger partial charge in [0.15, 0.2) is 0 Å². The van der Waals surface area contributed by atoms with Crippen molar-refractivity contribution in [2.75, 3.05) is 0 Å². The highest BCUT2D eigenvalue weighted by molar-refractivity contribution is 5.31. The van der Waals surface area contributed by atoms with Gasteiger partial charge < -0.3 is 5.32 Å². The van der Waals surface area contributed by atoms with Crippen molar-refractivity contribution in [1.82, 2.24) is 5.32 Å². The lowest BCUT2D eigenvalue weighted by atomic mass is 10.1. The van der Waals surface area contributed by atoms with Gasteiger partial charge in [-0.3, -0.25) is 0 Å². The minimum absolute atomic E-state index is 0.234. The molecule has 1 aromatic rings. The number of hydrogen-bond donors (Lipinski definition) is 1. The van der Waals surface area contributed by atoms with Crippen LogP contribution in [0.15, 0.2) is 24.4 Å². The zero-order valence-electron chi connectivity index (χ0n) is 9.32. The standard InChI is InChI=1S/C13H15F2N/c1-8(2)16-7-10-5-13(15)11(6-12(10)14)9-3-4-9/h5-6,9,16H,1,3-4,7H2,2H3. The molecule has 2 rings (SSSR count). The first-order chi connectivity index (χ1) is 7.58. The summed E-state index contributed by atoms with van der Waals surface area (Å²) >= 11 is 0. The van der Waals surface area contributed by atoms with Crippen LogP contribution in [0.4, 0.5) is 8.78 Å². The molecule has 1 N–H and O–H groups in total. The summed E-state index contributed by atoms with van der Waals surface area (Å²) in [6.07, 6.45) is 1.94. The summed E-state index contributed by atoms with van der Waals surface area (Å²) in [4.78, 5) is 0. The first-order valence-corrected chi connectivity index (χ1v) is 5.45. The van der Waals surface area contributed by atoms with Gasteiger partial charge in [0.2, 0.25) is 0 Å². The molecule has 0 spiro atoms. The van der Waals surface area contributed by atoms with Crippen molar-refractivity contribution in [2.24, 2.45) is 0 Å². The predicted octanol–water partition coefficient (Wildman–Crippen LogP) is 3.47. The summed E-state index contributed by atoms with van der Waals surface area (Å²) in [5, 5.41) is 2.89. The molecule has 16 heavy (non-hydrogen) atoms. The Morgan fingerprint density at radius 1 is 1.38 bits per heavy atom. The van der Waals surface area contributed by atoms with E-state index in [9.17, 15) is 8.78 Å². The summed E-state index contributed by atoms with van der Waals surface area (Å²) < 4.78 is 27.3. The fourth-order valence-corrected chi connectivity index (χ4v) is 1.69.